The Morgan fingerprint density at radius 3 is 2.59 bits per heavy atom. The van der Waals surface area contributed by atoms with Crippen molar-refractivity contribution in [1.29, 1.82) is 0 Å². The van der Waals surface area contributed by atoms with Crippen molar-refractivity contribution in [3.8, 4) is 5.75 Å². The van der Waals surface area contributed by atoms with Crippen LogP contribution in [0, 0.1) is 17.8 Å². The fourth-order valence-electron chi connectivity index (χ4n) is 5.65. The number of amides is 1. The fourth-order valence-corrected chi connectivity index (χ4v) is 5.65. The van der Waals surface area contributed by atoms with E-state index < -0.39 is 0 Å². The predicted octanol–water partition coefficient (Wildman–Crippen LogP) is 3.81. The number of fused-ring (bicyclic) bond motifs is 2. The number of carbonyl (C=O) groups excluding carboxylic acids is 1. The van der Waals surface area contributed by atoms with Gasteiger partial charge in [-0.2, -0.15) is 4.98 Å². The van der Waals surface area contributed by atoms with E-state index >= 15 is 0 Å². The third kappa shape index (κ3) is 3.04. The molecule has 3 saturated carbocycles. The maximum atomic E-state index is 12.9. The van der Waals surface area contributed by atoms with Crippen LogP contribution >= 0.6 is 0 Å². The molecular weight excluding hydrogens is 366 g/mol. The number of methoxy groups -OCH3 is 1. The Labute approximate surface area is 171 Å². The van der Waals surface area contributed by atoms with Gasteiger partial charge in [0.15, 0.2) is 5.82 Å². The highest BCUT2D eigenvalue weighted by atomic mass is 16.5. The second-order valence-electron chi connectivity index (χ2n) is 9.31. The van der Waals surface area contributed by atoms with Gasteiger partial charge in [0.2, 0.25) is 11.8 Å². The molecule has 0 aliphatic heterocycles. The Kier molecular flexibility index (Phi) is 4.41. The van der Waals surface area contributed by atoms with Crippen molar-refractivity contribution in [3.63, 3.8) is 0 Å². The first kappa shape index (κ1) is 18.6. The van der Waals surface area contributed by atoms with E-state index in [1.165, 1.54) is 5.56 Å². The molecule has 2 bridgehead atoms. The van der Waals surface area contributed by atoms with Crippen molar-refractivity contribution in [2.75, 3.05) is 7.11 Å². The summed E-state index contributed by atoms with van der Waals surface area (Å²) in [5.41, 5.74) is 1.05. The van der Waals surface area contributed by atoms with Crippen LogP contribution in [0.5, 0.6) is 5.75 Å². The summed E-state index contributed by atoms with van der Waals surface area (Å²) in [7, 11) is 1.68. The molecule has 29 heavy (non-hydrogen) atoms. The van der Waals surface area contributed by atoms with Crippen molar-refractivity contribution in [3.05, 3.63) is 41.5 Å². The number of hydrogen-bond donors (Lipinski definition) is 1. The normalized spacial score (nSPS) is 29.2. The molecule has 4 atom stereocenters. The van der Waals surface area contributed by atoms with Crippen molar-refractivity contribution in [1.82, 2.24) is 15.5 Å². The molecule has 0 saturated heterocycles. The molecule has 6 nitrogen and oxygen atoms in total. The molecule has 0 spiro atoms. The van der Waals surface area contributed by atoms with E-state index in [1.54, 1.807) is 7.11 Å². The molecule has 1 N–H and O–H groups in total. The monoisotopic (exact) mass is 395 g/mol. The van der Waals surface area contributed by atoms with Crippen LogP contribution < -0.4 is 10.1 Å². The Balaban J connectivity index is 1.42. The van der Waals surface area contributed by atoms with E-state index in [2.05, 4.69) is 22.6 Å². The zero-order valence-corrected chi connectivity index (χ0v) is 17.4. The highest BCUT2D eigenvalue weighted by Gasteiger charge is 2.55. The lowest BCUT2D eigenvalue weighted by Gasteiger charge is -2.28. The minimum atomic E-state index is -0.151. The lowest BCUT2D eigenvalue weighted by Crippen LogP contribution is -2.40. The van der Waals surface area contributed by atoms with Gasteiger partial charge in [0.05, 0.1) is 24.4 Å². The van der Waals surface area contributed by atoms with Gasteiger partial charge in [-0.05, 0) is 75.5 Å². The topological polar surface area (TPSA) is 77.2 Å². The average Bonchev–Trinajstić information content (AvgIpc) is 3.08. The molecule has 1 aromatic heterocycles. The first-order valence-corrected chi connectivity index (χ1v) is 10.8. The fraction of sp³-hybridized carbons (Fsp3) is 0.609. The lowest BCUT2D eigenvalue weighted by molar-refractivity contribution is -0.128. The van der Waals surface area contributed by atoms with Gasteiger partial charge in [0.1, 0.15) is 5.75 Å². The average molecular weight is 396 g/mol. The summed E-state index contributed by atoms with van der Waals surface area (Å²) in [5.74, 6) is 3.36. The number of rotatable bonds is 6. The second kappa shape index (κ2) is 6.85. The molecule has 154 valence electrons. The molecule has 5 rings (SSSR count). The molecule has 1 heterocycles. The Bertz CT molecular complexity index is 900. The van der Waals surface area contributed by atoms with Gasteiger partial charge < -0.3 is 14.6 Å². The molecule has 3 aliphatic rings. The zero-order chi connectivity index (χ0) is 20.2. The quantitative estimate of drug-likeness (QED) is 0.805. The van der Waals surface area contributed by atoms with Crippen molar-refractivity contribution < 1.29 is 14.1 Å². The summed E-state index contributed by atoms with van der Waals surface area (Å²) in [6.07, 6.45) is 5.43. The summed E-state index contributed by atoms with van der Waals surface area (Å²) in [6, 6.07) is 8.30. The van der Waals surface area contributed by atoms with Gasteiger partial charge >= 0.3 is 0 Å². The summed E-state index contributed by atoms with van der Waals surface area (Å²) in [4.78, 5) is 17.8. The third-order valence-corrected chi connectivity index (χ3v) is 7.20. The minimum absolute atomic E-state index is 0.0411. The molecule has 1 amide bonds. The van der Waals surface area contributed by atoms with Gasteiger partial charge in [-0.25, -0.2) is 0 Å². The molecule has 3 aliphatic carbocycles. The van der Waals surface area contributed by atoms with E-state index in [-0.39, 0.29) is 29.2 Å². The number of ether oxygens (including phenoxy) is 1. The molecular formula is C23H29N3O3. The van der Waals surface area contributed by atoms with Gasteiger partial charge in [0, 0.05) is 6.04 Å². The van der Waals surface area contributed by atoms with Gasteiger partial charge in [-0.15, -0.1) is 0 Å². The summed E-state index contributed by atoms with van der Waals surface area (Å²) >= 11 is 0. The molecule has 3 fully saturated rings. The molecule has 0 unspecified atom stereocenters. The van der Waals surface area contributed by atoms with E-state index in [0.717, 1.165) is 43.7 Å². The van der Waals surface area contributed by atoms with E-state index in [0.29, 0.717) is 17.7 Å². The van der Waals surface area contributed by atoms with Crippen LogP contribution in [0.2, 0.25) is 0 Å². The first-order valence-electron chi connectivity index (χ1n) is 10.8. The van der Waals surface area contributed by atoms with E-state index in [1.807, 2.05) is 26.0 Å². The van der Waals surface area contributed by atoms with Gasteiger partial charge in [-0.1, -0.05) is 17.3 Å². The van der Waals surface area contributed by atoms with Crippen LogP contribution in [0.25, 0.3) is 0 Å². The number of aromatic nitrogens is 2. The lowest BCUT2D eigenvalue weighted by atomic mass is 9.78. The molecule has 0 radical (unpaired) electrons. The van der Waals surface area contributed by atoms with Crippen molar-refractivity contribution >= 4 is 5.91 Å². The van der Waals surface area contributed by atoms with E-state index in [4.69, 9.17) is 14.2 Å². The number of nitrogens with one attached hydrogen (secondary N) is 1. The van der Waals surface area contributed by atoms with E-state index in [9.17, 15) is 4.79 Å². The van der Waals surface area contributed by atoms with Crippen LogP contribution in [-0.4, -0.2) is 29.2 Å². The molecule has 6 heteroatoms. The van der Waals surface area contributed by atoms with Crippen LogP contribution in [0.3, 0.4) is 0 Å². The summed E-state index contributed by atoms with van der Waals surface area (Å²) in [5, 5.41) is 7.52. The Morgan fingerprint density at radius 2 is 1.93 bits per heavy atom. The van der Waals surface area contributed by atoms with Crippen LogP contribution in [0.1, 0.15) is 69.1 Å². The van der Waals surface area contributed by atoms with Gasteiger partial charge in [0.25, 0.3) is 0 Å². The summed E-state index contributed by atoms with van der Waals surface area (Å²) in [6.45, 7) is 4.02. The van der Waals surface area contributed by atoms with Crippen LogP contribution in [0.4, 0.5) is 0 Å². The number of hydrogen-bond acceptors (Lipinski definition) is 5. The molecule has 2 aromatic rings. The minimum Gasteiger partial charge on any atom is -0.497 e. The van der Waals surface area contributed by atoms with Crippen LogP contribution in [-0.2, 0) is 10.2 Å². The largest absolute Gasteiger partial charge is 0.497 e. The van der Waals surface area contributed by atoms with Crippen molar-refractivity contribution in [2.24, 2.45) is 17.8 Å². The SMILES string of the molecule is COc1ccc(C2(c3noc([C@H]4[C@@H]5CC[C@@H](C5)[C@@H]4C(=O)NC(C)C)n3)CC2)cc1. The maximum Gasteiger partial charge on any atom is 0.230 e. The highest BCUT2D eigenvalue weighted by Crippen LogP contribution is 2.57. The first-order chi connectivity index (χ1) is 14.0. The molecule has 1 aromatic carbocycles. The maximum absolute atomic E-state index is 12.9. The third-order valence-electron chi connectivity index (χ3n) is 7.20. The Hall–Kier alpha value is -2.37. The van der Waals surface area contributed by atoms with Gasteiger partial charge in [-0.3, -0.25) is 4.79 Å². The second-order valence-corrected chi connectivity index (χ2v) is 9.31. The zero-order valence-electron chi connectivity index (χ0n) is 17.4. The standard InChI is InChI=1S/C23H29N3O3/c1-13(2)24-20(27)18-14-4-5-15(12-14)19(18)21-25-22(26-29-21)23(10-11-23)16-6-8-17(28-3)9-7-16/h6-9,13-15,18-19H,4-5,10-12H2,1-3H3,(H,24,27)/t14-,15+,18-,19-/m0/s1. The number of benzene rings is 1. The van der Waals surface area contributed by atoms with Crippen LogP contribution in [0.15, 0.2) is 28.8 Å². The smallest absolute Gasteiger partial charge is 0.230 e. The number of nitrogens with zero attached hydrogens (tertiary/aromatic N) is 2. The highest BCUT2D eigenvalue weighted by molar-refractivity contribution is 5.80. The Morgan fingerprint density at radius 1 is 1.21 bits per heavy atom. The number of carbonyl (C=O) groups is 1. The van der Waals surface area contributed by atoms with Crippen molar-refractivity contribution in [2.45, 2.75) is 63.3 Å². The predicted molar refractivity (Wildman–Crippen MR) is 108 cm³/mol. The summed E-state index contributed by atoms with van der Waals surface area (Å²) < 4.78 is 11.1.